The molecular weight excluding hydrogens is 214 g/mol. The van der Waals surface area contributed by atoms with Crippen LogP contribution in [0.2, 0.25) is 0 Å². The van der Waals surface area contributed by atoms with E-state index in [2.05, 4.69) is 15.3 Å². The van der Waals surface area contributed by atoms with E-state index in [0.717, 1.165) is 23.8 Å². The molecule has 0 bridgehead atoms. The van der Waals surface area contributed by atoms with Crippen LogP contribution in [0.4, 0.5) is 5.82 Å². The number of anilines is 1. The van der Waals surface area contributed by atoms with Gasteiger partial charge in [-0.1, -0.05) is 6.42 Å². The second-order valence-electron chi connectivity index (χ2n) is 4.79. The highest BCUT2D eigenvalue weighted by Crippen LogP contribution is 2.28. The van der Waals surface area contributed by atoms with Gasteiger partial charge in [-0.05, 0) is 26.7 Å². The summed E-state index contributed by atoms with van der Waals surface area (Å²) in [6, 6.07) is 0. The van der Waals surface area contributed by atoms with Crippen molar-refractivity contribution in [3.05, 3.63) is 17.6 Å². The minimum atomic E-state index is 0.403. The Balaban J connectivity index is 1.95. The maximum absolute atomic E-state index is 5.49. The number of hydrogen-bond acceptors (Lipinski definition) is 4. The number of aryl methyl sites for hydroxylation is 2. The summed E-state index contributed by atoms with van der Waals surface area (Å²) in [7, 11) is 1.81. The van der Waals surface area contributed by atoms with E-state index in [9.17, 15) is 0 Å². The molecule has 4 nitrogen and oxygen atoms in total. The highest BCUT2D eigenvalue weighted by Gasteiger charge is 2.26. The zero-order chi connectivity index (χ0) is 12.3. The Morgan fingerprint density at radius 2 is 2.24 bits per heavy atom. The summed E-state index contributed by atoms with van der Waals surface area (Å²) in [6.07, 6.45) is 5.89. The number of ether oxygens (including phenoxy) is 1. The Hall–Kier alpha value is -1.16. The van der Waals surface area contributed by atoms with Gasteiger partial charge in [0, 0.05) is 25.8 Å². The number of nitrogens with one attached hydrogen (secondary N) is 1. The first kappa shape index (κ1) is 12.3. The van der Waals surface area contributed by atoms with Crippen LogP contribution in [0.1, 0.15) is 30.7 Å². The van der Waals surface area contributed by atoms with Gasteiger partial charge < -0.3 is 10.1 Å². The predicted octanol–water partition coefficient (Wildman–Crippen LogP) is 2.32. The summed E-state index contributed by atoms with van der Waals surface area (Å²) >= 11 is 0. The van der Waals surface area contributed by atoms with Gasteiger partial charge in [-0.2, -0.15) is 0 Å². The minimum absolute atomic E-state index is 0.403. The Bertz CT molecular complexity index is 381. The van der Waals surface area contributed by atoms with E-state index < -0.39 is 0 Å². The molecule has 0 amide bonds. The Labute approximate surface area is 103 Å². The van der Waals surface area contributed by atoms with Gasteiger partial charge >= 0.3 is 0 Å². The molecule has 94 valence electrons. The van der Waals surface area contributed by atoms with Crippen molar-refractivity contribution in [1.29, 1.82) is 0 Å². The molecule has 0 radical (unpaired) electrons. The molecule has 0 saturated heterocycles. The average molecular weight is 235 g/mol. The van der Waals surface area contributed by atoms with Gasteiger partial charge in [-0.15, -0.1) is 0 Å². The van der Waals surface area contributed by atoms with Crippen LogP contribution in [0.5, 0.6) is 0 Å². The third-order valence-electron chi connectivity index (χ3n) is 3.50. The van der Waals surface area contributed by atoms with Gasteiger partial charge in [-0.25, -0.2) is 4.98 Å². The van der Waals surface area contributed by atoms with Gasteiger partial charge in [0.05, 0.1) is 17.5 Å². The largest absolute Gasteiger partial charge is 0.381 e. The van der Waals surface area contributed by atoms with Crippen molar-refractivity contribution < 1.29 is 4.74 Å². The maximum Gasteiger partial charge on any atom is 0.147 e. The number of hydrogen-bond donors (Lipinski definition) is 1. The standard InChI is InChI=1S/C13H21N3O/c1-9-7-14-10(2)13(16-9)15-8-11-5-4-6-12(11)17-3/h7,11-12H,4-6,8H2,1-3H3,(H,15,16)/t11-,12-/m0/s1. The van der Waals surface area contributed by atoms with Crippen LogP contribution in [-0.4, -0.2) is 29.7 Å². The predicted molar refractivity (Wildman–Crippen MR) is 68.1 cm³/mol. The Kier molecular flexibility index (Phi) is 3.94. The first-order chi connectivity index (χ1) is 8.20. The summed E-state index contributed by atoms with van der Waals surface area (Å²) in [5.41, 5.74) is 1.91. The third-order valence-corrected chi connectivity index (χ3v) is 3.50. The summed E-state index contributed by atoms with van der Waals surface area (Å²) in [5.74, 6) is 1.51. The lowest BCUT2D eigenvalue weighted by Crippen LogP contribution is -2.24. The molecule has 2 atom stereocenters. The van der Waals surface area contributed by atoms with Gasteiger partial charge in [0.1, 0.15) is 5.82 Å². The first-order valence-electron chi connectivity index (χ1n) is 6.27. The summed E-state index contributed by atoms with van der Waals surface area (Å²) in [6.45, 7) is 4.87. The first-order valence-corrected chi connectivity index (χ1v) is 6.27. The molecule has 4 heteroatoms. The SMILES string of the molecule is CO[C@H]1CCC[C@H]1CNc1nc(C)cnc1C. The van der Waals surface area contributed by atoms with Crippen molar-refractivity contribution >= 4 is 5.82 Å². The number of aromatic nitrogens is 2. The molecule has 1 aliphatic carbocycles. The van der Waals surface area contributed by atoms with Crippen molar-refractivity contribution in [2.75, 3.05) is 19.0 Å². The fraction of sp³-hybridized carbons (Fsp3) is 0.692. The molecule has 1 saturated carbocycles. The van der Waals surface area contributed by atoms with E-state index in [0.29, 0.717) is 12.0 Å². The lowest BCUT2D eigenvalue weighted by Gasteiger charge is -2.19. The third kappa shape index (κ3) is 2.94. The van der Waals surface area contributed by atoms with Crippen LogP contribution < -0.4 is 5.32 Å². The molecule has 0 aromatic carbocycles. The molecule has 1 heterocycles. The quantitative estimate of drug-likeness (QED) is 0.870. The molecule has 0 spiro atoms. The van der Waals surface area contributed by atoms with Crippen LogP contribution >= 0.6 is 0 Å². The summed E-state index contributed by atoms with van der Waals surface area (Å²) in [5, 5.41) is 3.41. The topological polar surface area (TPSA) is 47.0 Å². The van der Waals surface area contributed by atoms with Crippen LogP contribution in [0.25, 0.3) is 0 Å². The van der Waals surface area contributed by atoms with Crippen LogP contribution in [-0.2, 0) is 4.74 Å². The van der Waals surface area contributed by atoms with E-state index >= 15 is 0 Å². The molecule has 0 aliphatic heterocycles. The van der Waals surface area contributed by atoms with Crippen molar-refractivity contribution in [2.45, 2.75) is 39.2 Å². The van der Waals surface area contributed by atoms with Crippen LogP contribution in [0.3, 0.4) is 0 Å². The molecule has 2 rings (SSSR count). The lowest BCUT2D eigenvalue weighted by atomic mass is 10.1. The Morgan fingerprint density at radius 3 is 3.00 bits per heavy atom. The summed E-state index contributed by atoms with van der Waals surface area (Å²) < 4.78 is 5.49. The molecular formula is C13H21N3O. The fourth-order valence-electron chi connectivity index (χ4n) is 2.48. The molecule has 1 aromatic rings. The molecule has 17 heavy (non-hydrogen) atoms. The second kappa shape index (κ2) is 5.45. The maximum atomic E-state index is 5.49. The van der Waals surface area contributed by atoms with Crippen LogP contribution in [0.15, 0.2) is 6.20 Å². The van der Waals surface area contributed by atoms with E-state index in [-0.39, 0.29) is 0 Å². The second-order valence-corrected chi connectivity index (χ2v) is 4.79. The molecule has 1 aromatic heterocycles. The zero-order valence-electron chi connectivity index (χ0n) is 10.9. The Morgan fingerprint density at radius 1 is 1.41 bits per heavy atom. The molecule has 1 fully saturated rings. The lowest BCUT2D eigenvalue weighted by molar-refractivity contribution is 0.0755. The molecule has 1 N–H and O–H groups in total. The average Bonchev–Trinajstić information content (AvgIpc) is 2.77. The van der Waals surface area contributed by atoms with E-state index in [1.54, 1.807) is 13.3 Å². The van der Waals surface area contributed by atoms with Crippen molar-refractivity contribution in [2.24, 2.45) is 5.92 Å². The molecule has 0 unspecified atom stereocenters. The number of rotatable bonds is 4. The van der Waals surface area contributed by atoms with Crippen molar-refractivity contribution in [3.8, 4) is 0 Å². The summed E-state index contributed by atoms with van der Waals surface area (Å²) in [4.78, 5) is 8.78. The van der Waals surface area contributed by atoms with Gasteiger partial charge in [-0.3, -0.25) is 4.98 Å². The molecule has 1 aliphatic rings. The number of nitrogens with zero attached hydrogens (tertiary/aromatic N) is 2. The normalized spacial score (nSPS) is 23.9. The minimum Gasteiger partial charge on any atom is -0.381 e. The number of methoxy groups -OCH3 is 1. The van der Waals surface area contributed by atoms with Crippen LogP contribution in [0, 0.1) is 19.8 Å². The van der Waals surface area contributed by atoms with Crippen molar-refractivity contribution in [1.82, 2.24) is 9.97 Å². The monoisotopic (exact) mass is 235 g/mol. The van der Waals surface area contributed by atoms with E-state index in [4.69, 9.17) is 4.74 Å². The van der Waals surface area contributed by atoms with Crippen molar-refractivity contribution in [3.63, 3.8) is 0 Å². The van der Waals surface area contributed by atoms with Gasteiger partial charge in [0.25, 0.3) is 0 Å². The zero-order valence-corrected chi connectivity index (χ0v) is 10.9. The van der Waals surface area contributed by atoms with E-state index in [1.807, 2.05) is 13.8 Å². The highest BCUT2D eigenvalue weighted by molar-refractivity contribution is 5.39. The highest BCUT2D eigenvalue weighted by atomic mass is 16.5. The van der Waals surface area contributed by atoms with Gasteiger partial charge in [0.15, 0.2) is 0 Å². The van der Waals surface area contributed by atoms with E-state index in [1.165, 1.54) is 19.3 Å². The fourth-order valence-corrected chi connectivity index (χ4v) is 2.48. The van der Waals surface area contributed by atoms with Gasteiger partial charge in [0.2, 0.25) is 0 Å². The smallest absolute Gasteiger partial charge is 0.147 e.